The van der Waals surface area contributed by atoms with Gasteiger partial charge in [-0.3, -0.25) is 19.3 Å². The number of thiazole rings is 1. The monoisotopic (exact) mass is 1100 g/mol. The van der Waals surface area contributed by atoms with E-state index in [9.17, 15) is 23.7 Å². The lowest BCUT2D eigenvalue weighted by Gasteiger charge is -2.53. The third kappa shape index (κ3) is 10.9. The van der Waals surface area contributed by atoms with Crippen LogP contribution in [-0.2, 0) is 50.2 Å². The number of oxime groups is 1. The molecule has 10 rings (SSSR count). The van der Waals surface area contributed by atoms with Crippen LogP contribution < -0.4 is 10.6 Å². The summed E-state index contributed by atoms with van der Waals surface area (Å²) in [4.78, 5) is 70.0. The Balaban J connectivity index is 0.950. The molecule has 8 aromatic rings. The van der Waals surface area contributed by atoms with Gasteiger partial charge in [-0.25, -0.2) is 9.78 Å². The molecule has 2 aliphatic rings. The van der Waals surface area contributed by atoms with E-state index in [-0.39, 0.29) is 29.6 Å². The summed E-state index contributed by atoms with van der Waals surface area (Å²) < 4.78 is 26.8. The van der Waals surface area contributed by atoms with Gasteiger partial charge in [0.2, 0.25) is 11.0 Å². The zero-order valence-corrected chi connectivity index (χ0v) is 44.9. The molecule has 0 spiro atoms. The Kier molecular flexibility index (Phi) is 15.9. The summed E-state index contributed by atoms with van der Waals surface area (Å²) in [6, 6.07) is 65.5. The summed E-state index contributed by atoms with van der Waals surface area (Å²) in [7, 11) is 0. The standard InChI is InChI=1S/C62H54ClN5O8S2/c1-60(2,57(71)74-52(42-24-10-3-11-25-42)43-26-12-4-13-27-43)76-67-50(49-38-77-59(64-49)66-62(46-32-18-7-19-33-46,47-34-20-8-21-35-47)48-36-22-9-23-37-48)54(69)65-51-55(70)68-40-61(39-63,41-78(73)56(51)68)58(72)75-53(44-28-14-5-15-29-44)45-30-16-6-17-31-45/h3-38,51-53,56H,39-41H2,1-2H3,(H,64,66)(H,65,69)/t51?,56-,61?,78?/m1/s1. The molecule has 0 radical (unpaired) electrons. The van der Waals surface area contributed by atoms with E-state index in [4.69, 9.17) is 30.9 Å². The van der Waals surface area contributed by atoms with E-state index in [1.807, 2.05) is 212 Å². The normalized spacial score (nSPS) is 18.3. The lowest BCUT2D eigenvalue weighted by molar-refractivity contribution is -0.172. The lowest BCUT2D eigenvalue weighted by Crippen LogP contribution is -2.78. The van der Waals surface area contributed by atoms with Crippen LogP contribution in [0.2, 0.25) is 0 Å². The first-order valence-corrected chi connectivity index (χ1v) is 28.0. The van der Waals surface area contributed by atoms with Crippen LogP contribution in [-0.4, -0.2) is 79.1 Å². The number of carbonyl (C=O) groups is 4. The molecule has 16 heteroatoms. The molecule has 78 heavy (non-hydrogen) atoms. The van der Waals surface area contributed by atoms with Crippen LogP contribution in [0.4, 0.5) is 5.13 Å². The van der Waals surface area contributed by atoms with E-state index >= 15 is 0 Å². The van der Waals surface area contributed by atoms with Gasteiger partial charge in [-0.05, 0) is 64.0 Å². The molecule has 0 aliphatic carbocycles. The van der Waals surface area contributed by atoms with Crippen molar-refractivity contribution in [1.29, 1.82) is 0 Å². The number of anilines is 1. The van der Waals surface area contributed by atoms with E-state index in [1.54, 1.807) is 5.38 Å². The first-order valence-electron chi connectivity index (χ1n) is 25.2. The van der Waals surface area contributed by atoms with Crippen LogP contribution in [0.25, 0.3) is 0 Å². The summed E-state index contributed by atoms with van der Waals surface area (Å²) in [5, 5.41) is 11.8. The quantitative estimate of drug-likeness (QED) is 0.0151. The second kappa shape index (κ2) is 23.3. The Bertz CT molecular complexity index is 3210. The average Bonchev–Trinajstić information content (AvgIpc) is 4.02. The highest BCUT2D eigenvalue weighted by Gasteiger charge is 2.65. The number of esters is 2. The number of rotatable bonds is 19. The minimum Gasteiger partial charge on any atom is -0.615 e. The van der Waals surface area contributed by atoms with E-state index in [2.05, 4.69) is 15.8 Å². The van der Waals surface area contributed by atoms with Crippen molar-refractivity contribution in [3.63, 3.8) is 0 Å². The second-order valence-electron chi connectivity index (χ2n) is 19.5. The van der Waals surface area contributed by atoms with E-state index in [0.29, 0.717) is 5.13 Å². The maximum absolute atomic E-state index is 14.9. The van der Waals surface area contributed by atoms with Gasteiger partial charge in [0.15, 0.2) is 29.1 Å². The molecule has 2 aliphatic heterocycles. The third-order valence-electron chi connectivity index (χ3n) is 13.9. The Labute approximate surface area is 464 Å². The van der Waals surface area contributed by atoms with Gasteiger partial charge in [0.25, 0.3) is 11.8 Å². The number of hydrogen-bond acceptors (Lipinski definition) is 12. The minimum absolute atomic E-state index is 0.0439. The van der Waals surface area contributed by atoms with Crippen molar-refractivity contribution in [3.8, 4) is 0 Å². The van der Waals surface area contributed by atoms with Crippen molar-refractivity contribution in [3.05, 3.63) is 262 Å². The molecule has 2 saturated heterocycles. The molecule has 3 heterocycles. The number of ether oxygens (including phenoxy) is 2. The number of carbonyl (C=O) groups excluding carboxylic acids is 4. The van der Waals surface area contributed by atoms with Gasteiger partial charge in [0.05, 0.1) is 0 Å². The molecule has 2 fully saturated rings. The Hall–Kier alpha value is -8.08. The number of amides is 2. The SMILES string of the molecule is CC(C)(ON=C(C(=O)NC1C(=O)N2CC(CCl)(C(=O)OC(c3ccccc3)c3ccccc3)C[S+]([O-])[C@H]12)c1csc(NC(c2ccccc2)(c2ccccc2)c2ccccc2)n1)C(=O)OC(c1ccccc1)c1ccccc1. The summed E-state index contributed by atoms with van der Waals surface area (Å²) in [6.45, 7) is 2.74. The third-order valence-corrected chi connectivity index (χ3v) is 17.0. The van der Waals surface area contributed by atoms with Crippen LogP contribution >= 0.6 is 22.9 Å². The van der Waals surface area contributed by atoms with Crippen molar-refractivity contribution in [2.75, 3.05) is 23.5 Å². The van der Waals surface area contributed by atoms with E-state index < -0.39 is 75.1 Å². The molecule has 1 aromatic heterocycles. The predicted octanol–water partition coefficient (Wildman–Crippen LogP) is 10.4. The summed E-state index contributed by atoms with van der Waals surface area (Å²) in [5.74, 6) is -3.52. The highest BCUT2D eigenvalue weighted by Crippen LogP contribution is 2.43. The molecular weight excluding hydrogens is 1040 g/mol. The fourth-order valence-electron chi connectivity index (χ4n) is 9.75. The Morgan fingerprint density at radius 2 is 1.13 bits per heavy atom. The maximum atomic E-state index is 14.9. The highest BCUT2D eigenvalue weighted by molar-refractivity contribution is 7.92. The number of halogens is 1. The zero-order valence-electron chi connectivity index (χ0n) is 42.5. The molecule has 0 saturated carbocycles. The Morgan fingerprint density at radius 1 is 0.705 bits per heavy atom. The van der Waals surface area contributed by atoms with Crippen molar-refractivity contribution in [2.24, 2.45) is 10.6 Å². The van der Waals surface area contributed by atoms with Crippen LogP contribution in [0.1, 0.15) is 70.7 Å². The lowest BCUT2D eigenvalue weighted by atomic mass is 9.77. The van der Waals surface area contributed by atoms with Gasteiger partial charge in [0.1, 0.15) is 22.4 Å². The number of aromatic nitrogens is 1. The van der Waals surface area contributed by atoms with E-state index in [1.165, 1.54) is 30.1 Å². The van der Waals surface area contributed by atoms with Gasteiger partial charge in [-0.1, -0.05) is 217 Å². The largest absolute Gasteiger partial charge is 0.615 e. The number of nitrogens with zero attached hydrogens (tertiary/aromatic N) is 3. The molecule has 2 N–H and O–H groups in total. The number of β-lactam (4-membered cyclic amide) rings is 1. The van der Waals surface area contributed by atoms with Gasteiger partial charge < -0.3 is 29.5 Å². The van der Waals surface area contributed by atoms with E-state index in [0.717, 1.165) is 38.9 Å². The second-order valence-corrected chi connectivity index (χ2v) is 22.2. The number of nitrogens with one attached hydrogen (secondary N) is 2. The first kappa shape index (κ1) is 53.3. The molecule has 2 amide bonds. The minimum atomic E-state index is -1.92. The Morgan fingerprint density at radius 3 is 1.56 bits per heavy atom. The van der Waals surface area contributed by atoms with Gasteiger partial charge in [-0.15, -0.1) is 22.9 Å². The van der Waals surface area contributed by atoms with Gasteiger partial charge in [-0.2, -0.15) is 0 Å². The van der Waals surface area contributed by atoms with Crippen LogP contribution in [0.5, 0.6) is 0 Å². The topological polar surface area (TPSA) is 172 Å². The molecule has 7 aromatic carbocycles. The van der Waals surface area contributed by atoms with Crippen molar-refractivity contribution < 1.29 is 38.0 Å². The van der Waals surface area contributed by atoms with Crippen molar-refractivity contribution >= 4 is 68.7 Å². The smallest absolute Gasteiger partial charge is 0.353 e. The molecule has 0 bridgehead atoms. The molecule has 13 nitrogen and oxygen atoms in total. The first-order chi connectivity index (χ1) is 37.9. The number of alkyl halides is 1. The fourth-order valence-corrected chi connectivity index (χ4v) is 12.9. The summed E-state index contributed by atoms with van der Waals surface area (Å²) >= 11 is 5.88. The number of hydrogen-bond donors (Lipinski definition) is 2. The maximum Gasteiger partial charge on any atom is 0.353 e. The van der Waals surface area contributed by atoms with Gasteiger partial charge in [0, 0.05) is 17.8 Å². The fraction of sp³-hybridized carbons (Fsp3) is 0.194. The van der Waals surface area contributed by atoms with Gasteiger partial charge >= 0.3 is 11.9 Å². The summed E-state index contributed by atoms with van der Waals surface area (Å²) in [5.41, 5.74) is 0.952. The van der Waals surface area contributed by atoms with Crippen molar-refractivity contribution in [1.82, 2.24) is 15.2 Å². The molecule has 394 valence electrons. The van der Waals surface area contributed by atoms with Crippen LogP contribution in [0.3, 0.4) is 0 Å². The molecular formula is C62H54ClN5O8S2. The zero-order chi connectivity index (χ0) is 54.3. The number of fused-ring (bicyclic) bond motifs is 1. The number of benzene rings is 7. The van der Waals surface area contributed by atoms with Crippen LogP contribution in [0.15, 0.2) is 223 Å². The van der Waals surface area contributed by atoms with Crippen molar-refractivity contribution in [2.45, 2.75) is 48.6 Å². The molecule has 3 unspecified atom stereocenters. The highest BCUT2D eigenvalue weighted by atomic mass is 35.5. The summed E-state index contributed by atoms with van der Waals surface area (Å²) in [6.07, 6.45) is -1.61. The predicted molar refractivity (Wildman–Crippen MR) is 302 cm³/mol. The average molecular weight is 1100 g/mol. The van der Waals surface area contributed by atoms with Crippen LogP contribution in [0, 0.1) is 5.41 Å². The molecule has 4 atom stereocenters.